The third-order valence-corrected chi connectivity index (χ3v) is 5.43. The van der Waals surface area contributed by atoms with Crippen molar-refractivity contribution in [3.63, 3.8) is 0 Å². The monoisotopic (exact) mass is 286 g/mol. The summed E-state index contributed by atoms with van der Waals surface area (Å²) in [5, 5.41) is 3.82. The van der Waals surface area contributed by atoms with Gasteiger partial charge >= 0.3 is 0 Å². The predicted molar refractivity (Wildman–Crippen MR) is 89.5 cm³/mol. The minimum Gasteiger partial charge on any atom is -0.309 e. The van der Waals surface area contributed by atoms with Gasteiger partial charge in [-0.1, -0.05) is 38.1 Å². The summed E-state index contributed by atoms with van der Waals surface area (Å²) in [6, 6.07) is 10.9. The van der Waals surface area contributed by atoms with E-state index < -0.39 is 0 Å². The summed E-state index contributed by atoms with van der Waals surface area (Å²) >= 11 is 0. The third kappa shape index (κ3) is 3.02. The molecule has 0 radical (unpaired) electrons. The number of hydrogen-bond donors (Lipinski definition) is 1. The highest BCUT2D eigenvalue weighted by atomic mass is 15.2. The maximum atomic E-state index is 3.82. The molecule has 1 saturated heterocycles. The molecule has 1 fully saturated rings. The van der Waals surface area contributed by atoms with E-state index in [1.54, 1.807) is 11.1 Å². The lowest BCUT2D eigenvalue weighted by atomic mass is 9.91. The van der Waals surface area contributed by atoms with Gasteiger partial charge in [-0.3, -0.25) is 4.90 Å². The molecule has 0 amide bonds. The lowest BCUT2D eigenvalue weighted by Gasteiger charge is -2.43. The van der Waals surface area contributed by atoms with E-state index in [2.05, 4.69) is 55.3 Å². The topological polar surface area (TPSA) is 15.3 Å². The maximum Gasteiger partial charge on any atom is 0.0484 e. The van der Waals surface area contributed by atoms with Crippen LogP contribution in [0.4, 0.5) is 0 Å². The Morgan fingerprint density at radius 3 is 2.81 bits per heavy atom. The molecule has 4 unspecified atom stereocenters. The Balaban J connectivity index is 1.81. The SMILES string of the molecule is CCCNC1c2ccccc2CC1N1CCC(C)CC1C. The number of likely N-dealkylation sites (tertiary alicyclic amines) is 1. The fourth-order valence-corrected chi connectivity index (χ4v) is 4.35. The summed E-state index contributed by atoms with van der Waals surface area (Å²) < 4.78 is 0. The summed E-state index contributed by atoms with van der Waals surface area (Å²) in [7, 11) is 0. The van der Waals surface area contributed by atoms with E-state index in [9.17, 15) is 0 Å². The van der Waals surface area contributed by atoms with Gasteiger partial charge in [0.05, 0.1) is 0 Å². The van der Waals surface area contributed by atoms with Crippen molar-refractivity contribution >= 4 is 0 Å². The summed E-state index contributed by atoms with van der Waals surface area (Å²) in [4.78, 5) is 2.79. The van der Waals surface area contributed by atoms with Crippen molar-refractivity contribution in [1.82, 2.24) is 10.2 Å². The summed E-state index contributed by atoms with van der Waals surface area (Å²) in [6.45, 7) is 9.48. The second-order valence-electron chi connectivity index (χ2n) is 7.12. The Labute approximate surface area is 129 Å². The van der Waals surface area contributed by atoms with Gasteiger partial charge in [0.1, 0.15) is 0 Å². The number of rotatable bonds is 4. The smallest absolute Gasteiger partial charge is 0.0484 e. The number of nitrogens with zero attached hydrogens (tertiary/aromatic N) is 1. The van der Waals surface area contributed by atoms with Crippen LogP contribution in [0.25, 0.3) is 0 Å². The molecule has 3 rings (SSSR count). The van der Waals surface area contributed by atoms with Gasteiger partial charge in [-0.25, -0.2) is 0 Å². The third-order valence-electron chi connectivity index (χ3n) is 5.43. The fourth-order valence-electron chi connectivity index (χ4n) is 4.35. The molecule has 1 aromatic rings. The quantitative estimate of drug-likeness (QED) is 0.906. The van der Waals surface area contributed by atoms with Gasteiger partial charge in [-0.15, -0.1) is 0 Å². The first-order valence-electron chi connectivity index (χ1n) is 8.77. The predicted octanol–water partition coefficient (Wildman–Crippen LogP) is 3.77. The molecule has 0 aromatic heterocycles. The zero-order chi connectivity index (χ0) is 14.8. The van der Waals surface area contributed by atoms with E-state index in [0.29, 0.717) is 12.1 Å². The minimum absolute atomic E-state index is 0.525. The fraction of sp³-hybridized carbons (Fsp3) is 0.684. The van der Waals surface area contributed by atoms with Crippen molar-refractivity contribution in [2.24, 2.45) is 5.92 Å². The number of hydrogen-bond acceptors (Lipinski definition) is 2. The van der Waals surface area contributed by atoms with Gasteiger partial charge in [0, 0.05) is 18.1 Å². The highest BCUT2D eigenvalue weighted by Crippen LogP contribution is 2.37. The van der Waals surface area contributed by atoms with Crippen molar-refractivity contribution < 1.29 is 0 Å². The zero-order valence-electron chi connectivity index (χ0n) is 13.8. The first-order valence-corrected chi connectivity index (χ1v) is 8.77. The molecule has 1 aliphatic carbocycles. The van der Waals surface area contributed by atoms with Gasteiger partial charge < -0.3 is 5.32 Å². The maximum absolute atomic E-state index is 3.82. The van der Waals surface area contributed by atoms with Crippen LogP contribution in [-0.4, -0.2) is 30.1 Å². The van der Waals surface area contributed by atoms with E-state index in [0.717, 1.165) is 18.5 Å². The van der Waals surface area contributed by atoms with Crippen LogP contribution in [0, 0.1) is 5.92 Å². The molecule has 1 N–H and O–H groups in total. The number of benzene rings is 1. The Bertz CT molecular complexity index is 470. The van der Waals surface area contributed by atoms with Crippen LogP contribution >= 0.6 is 0 Å². The second-order valence-corrected chi connectivity index (χ2v) is 7.12. The number of fused-ring (bicyclic) bond motifs is 1. The van der Waals surface area contributed by atoms with E-state index in [-0.39, 0.29) is 0 Å². The first-order chi connectivity index (χ1) is 10.2. The normalized spacial score (nSPS) is 33.1. The zero-order valence-corrected chi connectivity index (χ0v) is 13.8. The Morgan fingerprint density at radius 1 is 1.24 bits per heavy atom. The molecule has 2 aliphatic rings. The van der Waals surface area contributed by atoms with E-state index in [4.69, 9.17) is 0 Å². The number of piperidine rings is 1. The lowest BCUT2D eigenvalue weighted by Crippen LogP contribution is -2.50. The van der Waals surface area contributed by atoms with Gasteiger partial charge in [-0.2, -0.15) is 0 Å². The lowest BCUT2D eigenvalue weighted by molar-refractivity contribution is 0.0675. The highest BCUT2D eigenvalue weighted by molar-refractivity contribution is 5.37. The second kappa shape index (κ2) is 6.50. The van der Waals surface area contributed by atoms with Crippen molar-refractivity contribution in [1.29, 1.82) is 0 Å². The number of nitrogens with one attached hydrogen (secondary N) is 1. The molecule has 2 heteroatoms. The Hall–Kier alpha value is -0.860. The molecule has 1 aliphatic heterocycles. The standard InChI is InChI=1S/C19H30N2/c1-4-10-20-19-17-8-6-5-7-16(17)13-18(19)21-11-9-14(2)12-15(21)3/h5-8,14-15,18-20H,4,9-13H2,1-3H3. The van der Waals surface area contributed by atoms with Crippen LogP contribution in [0.5, 0.6) is 0 Å². The molecular weight excluding hydrogens is 256 g/mol. The first kappa shape index (κ1) is 15.1. The van der Waals surface area contributed by atoms with E-state index in [1.807, 2.05) is 0 Å². The van der Waals surface area contributed by atoms with E-state index in [1.165, 1.54) is 32.2 Å². The average molecular weight is 286 g/mol. The Kier molecular flexibility index (Phi) is 4.66. The molecular formula is C19H30N2. The van der Waals surface area contributed by atoms with Gasteiger partial charge in [-0.05, 0) is 62.7 Å². The molecule has 0 bridgehead atoms. The molecule has 0 spiro atoms. The van der Waals surface area contributed by atoms with Crippen LogP contribution in [0.15, 0.2) is 24.3 Å². The summed E-state index contributed by atoms with van der Waals surface area (Å²) in [6.07, 6.45) is 5.14. The molecule has 2 nitrogen and oxygen atoms in total. The van der Waals surface area contributed by atoms with Crippen molar-refractivity contribution in [2.75, 3.05) is 13.1 Å². The van der Waals surface area contributed by atoms with Crippen LogP contribution < -0.4 is 5.32 Å². The molecule has 4 atom stereocenters. The van der Waals surface area contributed by atoms with Crippen LogP contribution in [0.3, 0.4) is 0 Å². The van der Waals surface area contributed by atoms with Crippen molar-refractivity contribution in [3.05, 3.63) is 35.4 Å². The van der Waals surface area contributed by atoms with Crippen molar-refractivity contribution in [3.8, 4) is 0 Å². The molecule has 0 saturated carbocycles. The van der Waals surface area contributed by atoms with E-state index >= 15 is 0 Å². The van der Waals surface area contributed by atoms with Crippen LogP contribution in [0.1, 0.15) is 57.2 Å². The van der Waals surface area contributed by atoms with Crippen LogP contribution in [0.2, 0.25) is 0 Å². The average Bonchev–Trinajstić information content (AvgIpc) is 2.83. The summed E-state index contributed by atoms with van der Waals surface area (Å²) in [5.41, 5.74) is 3.10. The minimum atomic E-state index is 0.525. The van der Waals surface area contributed by atoms with Crippen molar-refractivity contribution in [2.45, 2.75) is 64.6 Å². The van der Waals surface area contributed by atoms with Crippen LogP contribution in [-0.2, 0) is 6.42 Å². The molecule has 1 heterocycles. The summed E-state index contributed by atoms with van der Waals surface area (Å²) in [5.74, 6) is 0.891. The molecule has 21 heavy (non-hydrogen) atoms. The van der Waals surface area contributed by atoms with Gasteiger partial charge in [0.2, 0.25) is 0 Å². The Morgan fingerprint density at radius 2 is 2.05 bits per heavy atom. The highest BCUT2D eigenvalue weighted by Gasteiger charge is 2.38. The molecule has 116 valence electrons. The largest absolute Gasteiger partial charge is 0.309 e. The van der Waals surface area contributed by atoms with Gasteiger partial charge in [0.15, 0.2) is 0 Å². The molecule has 1 aromatic carbocycles. The van der Waals surface area contributed by atoms with Gasteiger partial charge in [0.25, 0.3) is 0 Å².